The maximum atomic E-state index is 11.2. The van der Waals surface area contributed by atoms with Gasteiger partial charge in [0.1, 0.15) is 4.90 Å². The lowest BCUT2D eigenvalue weighted by Crippen LogP contribution is -2.01. The van der Waals surface area contributed by atoms with E-state index in [9.17, 15) is 8.42 Å². The molecule has 26 heavy (non-hydrogen) atoms. The highest BCUT2D eigenvalue weighted by molar-refractivity contribution is 7.86. The molecule has 0 amide bonds. The van der Waals surface area contributed by atoms with E-state index in [2.05, 4.69) is 0 Å². The molecule has 0 spiro atoms. The van der Waals surface area contributed by atoms with Gasteiger partial charge in [0, 0.05) is 22.4 Å². The fourth-order valence-corrected chi connectivity index (χ4v) is 2.97. The second kappa shape index (κ2) is 9.07. The molecule has 0 saturated carbocycles. The molecule has 7 N–H and O–H groups in total. The molecule has 3 aromatic carbocycles. The maximum absolute atomic E-state index is 11.2. The van der Waals surface area contributed by atoms with Gasteiger partial charge in [-0.1, -0.05) is 32.0 Å². The lowest BCUT2D eigenvalue weighted by molar-refractivity contribution is 0.484. The zero-order valence-electron chi connectivity index (χ0n) is 15.1. The number of nitrogens with two attached hydrogens (primary N) is 3. The van der Waals surface area contributed by atoms with Crippen LogP contribution in [0.1, 0.15) is 19.4 Å². The average molecular weight is 375 g/mol. The minimum atomic E-state index is -4.25. The first-order chi connectivity index (χ1) is 12.2. The molecular formula is C19H25N3O3S. The molecular weight excluding hydrogens is 350 g/mol. The van der Waals surface area contributed by atoms with Crippen molar-refractivity contribution in [2.24, 2.45) is 0 Å². The number of hydrogen-bond acceptors (Lipinski definition) is 5. The van der Waals surface area contributed by atoms with Gasteiger partial charge >= 0.3 is 0 Å². The summed E-state index contributed by atoms with van der Waals surface area (Å²) in [4.78, 5) is -0.147. The number of nitrogen functional groups attached to an aromatic ring is 3. The van der Waals surface area contributed by atoms with Gasteiger partial charge in [0.25, 0.3) is 10.1 Å². The number of fused-ring (bicyclic) bond motifs is 1. The fourth-order valence-electron chi connectivity index (χ4n) is 2.23. The van der Waals surface area contributed by atoms with Gasteiger partial charge in [0.15, 0.2) is 0 Å². The lowest BCUT2D eigenvalue weighted by atomic mass is 10.1. The highest BCUT2D eigenvalue weighted by atomic mass is 32.2. The Morgan fingerprint density at radius 1 is 0.769 bits per heavy atom. The van der Waals surface area contributed by atoms with Crippen molar-refractivity contribution in [2.45, 2.75) is 25.7 Å². The highest BCUT2D eigenvalue weighted by Gasteiger charge is 2.15. The topological polar surface area (TPSA) is 132 Å². The van der Waals surface area contributed by atoms with Gasteiger partial charge < -0.3 is 17.2 Å². The van der Waals surface area contributed by atoms with Gasteiger partial charge in [-0.2, -0.15) is 8.42 Å². The second-order valence-electron chi connectivity index (χ2n) is 5.33. The van der Waals surface area contributed by atoms with Crippen LogP contribution in [0, 0.1) is 6.92 Å². The second-order valence-corrected chi connectivity index (χ2v) is 6.72. The molecule has 0 bridgehead atoms. The smallest absolute Gasteiger partial charge is 0.295 e. The number of rotatable bonds is 1. The summed E-state index contributed by atoms with van der Waals surface area (Å²) in [7, 11) is -4.25. The van der Waals surface area contributed by atoms with E-state index in [-0.39, 0.29) is 4.90 Å². The predicted molar refractivity (Wildman–Crippen MR) is 110 cm³/mol. The normalized spacial score (nSPS) is 10.3. The summed E-state index contributed by atoms with van der Waals surface area (Å²) in [5.74, 6) is 0. The monoisotopic (exact) mass is 375 g/mol. The van der Waals surface area contributed by atoms with Crippen LogP contribution >= 0.6 is 0 Å². The van der Waals surface area contributed by atoms with E-state index in [1.54, 1.807) is 42.5 Å². The average Bonchev–Trinajstić information content (AvgIpc) is 2.59. The maximum Gasteiger partial charge on any atom is 0.295 e. The van der Waals surface area contributed by atoms with Crippen LogP contribution in [0.4, 0.5) is 17.1 Å². The van der Waals surface area contributed by atoms with E-state index < -0.39 is 10.1 Å². The van der Waals surface area contributed by atoms with Crippen LogP contribution < -0.4 is 17.2 Å². The van der Waals surface area contributed by atoms with Crippen molar-refractivity contribution >= 4 is 38.0 Å². The number of anilines is 3. The minimum Gasteiger partial charge on any atom is -0.399 e. The first kappa shape index (κ1) is 21.3. The Hall–Kier alpha value is -2.77. The summed E-state index contributed by atoms with van der Waals surface area (Å²) in [6, 6.07) is 15.3. The summed E-state index contributed by atoms with van der Waals surface area (Å²) in [6.45, 7) is 5.86. The van der Waals surface area contributed by atoms with Crippen LogP contribution in [-0.2, 0) is 10.1 Å². The predicted octanol–water partition coefficient (Wildman–Crippen LogP) is 3.85. The molecule has 0 fully saturated rings. The van der Waals surface area contributed by atoms with Crippen molar-refractivity contribution in [1.82, 2.24) is 0 Å². The Balaban J connectivity index is 0.000000284. The van der Waals surface area contributed by atoms with E-state index >= 15 is 0 Å². The Morgan fingerprint density at radius 3 is 1.73 bits per heavy atom. The molecule has 0 saturated heterocycles. The van der Waals surface area contributed by atoms with Gasteiger partial charge in [0.05, 0.1) is 0 Å². The third-order valence-corrected chi connectivity index (χ3v) is 4.31. The Bertz CT molecular complexity index is 948. The van der Waals surface area contributed by atoms with Crippen molar-refractivity contribution < 1.29 is 13.0 Å². The van der Waals surface area contributed by atoms with Gasteiger partial charge in [-0.05, 0) is 54.3 Å². The van der Waals surface area contributed by atoms with E-state index in [0.717, 1.165) is 22.3 Å². The van der Waals surface area contributed by atoms with Gasteiger partial charge in [-0.15, -0.1) is 0 Å². The standard InChI is InChI=1S/C11H11NO3S.C6H8N2.C2H6/c1-7-3-2-4-9-10(7)5-8(12)6-11(9)16(13,14)15;7-5-1-2-6(8)4-3-5;1-2/h2-6H,12H2,1H3,(H,13,14,15);1-4H,7-8H2;1-2H3. The molecule has 0 heterocycles. The Kier molecular flexibility index (Phi) is 7.42. The SMILES string of the molecule is CC.Cc1cccc2c(S(=O)(=O)O)cc(N)cc12.Nc1ccc(N)cc1. The number of benzene rings is 3. The van der Waals surface area contributed by atoms with Crippen LogP contribution in [0.2, 0.25) is 0 Å². The lowest BCUT2D eigenvalue weighted by Gasteiger charge is -2.07. The van der Waals surface area contributed by atoms with Crippen LogP contribution in [0.15, 0.2) is 59.5 Å². The van der Waals surface area contributed by atoms with Crippen LogP contribution in [0.25, 0.3) is 10.8 Å². The van der Waals surface area contributed by atoms with Crippen molar-refractivity contribution in [2.75, 3.05) is 17.2 Å². The summed E-state index contributed by atoms with van der Waals surface area (Å²) in [5, 5.41) is 1.21. The molecule has 6 nitrogen and oxygen atoms in total. The molecule has 3 rings (SSSR count). The molecule has 0 radical (unpaired) electrons. The molecule has 7 heteroatoms. The highest BCUT2D eigenvalue weighted by Crippen LogP contribution is 2.28. The largest absolute Gasteiger partial charge is 0.399 e. The zero-order valence-corrected chi connectivity index (χ0v) is 15.9. The molecule has 0 aliphatic heterocycles. The van der Waals surface area contributed by atoms with Crippen molar-refractivity contribution in [3.05, 3.63) is 60.2 Å². The molecule has 140 valence electrons. The first-order valence-electron chi connectivity index (χ1n) is 8.06. The summed E-state index contributed by atoms with van der Waals surface area (Å²) < 4.78 is 31.5. The third kappa shape index (κ3) is 5.65. The third-order valence-electron chi connectivity index (χ3n) is 3.41. The number of aryl methyl sites for hydroxylation is 1. The van der Waals surface area contributed by atoms with Crippen LogP contribution in [0.3, 0.4) is 0 Å². The number of hydrogen-bond donors (Lipinski definition) is 4. The summed E-state index contributed by atoms with van der Waals surface area (Å²) in [5.41, 5.74) is 19.1. The van der Waals surface area contributed by atoms with Gasteiger partial charge in [-0.25, -0.2) is 0 Å². The minimum absolute atomic E-state index is 0.147. The van der Waals surface area contributed by atoms with Gasteiger partial charge in [-0.3, -0.25) is 4.55 Å². The van der Waals surface area contributed by atoms with Gasteiger partial charge in [0.2, 0.25) is 0 Å². The van der Waals surface area contributed by atoms with Crippen molar-refractivity contribution in [3.8, 4) is 0 Å². The Labute approximate surface area is 154 Å². The first-order valence-corrected chi connectivity index (χ1v) is 9.50. The molecule has 0 aromatic heterocycles. The van der Waals surface area contributed by atoms with Crippen molar-refractivity contribution in [3.63, 3.8) is 0 Å². The van der Waals surface area contributed by atoms with Crippen LogP contribution in [-0.4, -0.2) is 13.0 Å². The fraction of sp³-hybridized carbons (Fsp3) is 0.158. The summed E-state index contributed by atoms with van der Waals surface area (Å²) in [6.07, 6.45) is 0. The molecule has 0 unspecified atom stereocenters. The van der Waals surface area contributed by atoms with Crippen LogP contribution in [0.5, 0.6) is 0 Å². The molecule has 3 aromatic rings. The zero-order chi connectivity index (χ0) is 19.9. The van der Waals surface area contributed by atoms with E-state index in [4.69, 9.17) is 21.8 Å². The quantitative estimate of drug-likeness (QED) is 0.377. The molecule has 0 aliphatic rings. The van der Waals surface area contributed by atoms with E-state index in [1.807, 2.05) is 26.8 Å². The molecule has 0 aliphatic carbocycles. The summed E-state index contributed by atoms with van der Waals surface area (Å²) >= 11 is 0. The van der Waals surface area contributed by atoms with E-state index in [1.165, 1.54) is 6.07 Å². The Morgan fingerprint density at radius 2 is 1.27 bits per heavy atom. The van der Waals surface area contributed by atoms with E-state index in [0.29, 0.717) is 11.1 Å². The molecule has 0 atom stereocenters. The van der Waals surface area contributed by atoms with Crippen molar-refractivity contribution in [1.29, 1.82) is 0 Å².